The lowest BCUT2D eigenvalue weighted by Crippen LogP contribution is -2.51. The highest BCUT2D eigenvalue weighted by Crippen LogP contribution is 2.20. The third-order valence-corrected chi connectivity index (χ3v) is 5.13. The van der Waals surface area contributed by atoms with Crippen molar-refractivity contribution in [2.24, 2.45) is 0 Å². The average Bonchev–Trinajstić information content (AvgIpc) is 2.86. The van der Waals surface area contributed by atoms with Crippen LogP contribution in [0.2, 0.25) is 5.02 Å². The molecule has 0 spiro atoms. The molecule has 1 aromatic carbocycles. The number of rotatable bonds is 3. The first-order valence-corrected chi connectivity index (χ1v) is 8.34. The highest BCUT2D eigenvalue weighted by atomic mass is 35.5. The predicted octanol–water partition coefficient (Wildman–Crippen LogP) is 2.09. The monoisotopic (exact) mass is 317 g/mol. The van der Waals surface area contributed by atoms with Crippen LogP contribution in [-0.4, -0.2) is 41.2 Å². The number of fused-ring (bicyclic) bond motifs is 3. The van der Waals surface area contributed by atoms with Gasteiger partial charge in [-0.1, -0.05) is 17.7 Å². The standard InChI is InChI=1S/C17H20ClN3O/c18-13-2-1-12-5-6-21(17(22)16(12)9-13)8-7-20-10-14-3-4-15(11-20)19-14/h1-2,5-6,9,14-15,19H,3-4,7-8,10-11H2. The van der Waals surface area contributed by atoms with Crippen LogP contribution in [0, 0.1) is 0 Å². The molecule has 5 heteroatoms. The van der Waals surface area contributed by atoms with Crippen molar-refractivity contribution in [3.63, 3.8) is 0 Å². The van der Waals surface area contributed by atoms with E-state index < -0.39 is 0 Å². The van der Waals surface area contributed by atoms with E-state index in [4.69, 9.17) is 11.6 Å². The van der Waals surface area contributed by atoms with Crippen molar-refractivity contribution in [2.75, 3.05) is 19.6 Å². The van der Waals surface area contributed by atoms with Crippen molar-refractivity contribution in [1.29, 1.82) is 0 Å². The summed E-state index contributed by atoms with van der Waals surface area (Å²) in [5, 5.41) is 5.90. The molecule has 116 valence electrons. The van der Waals surface area contributed by atoms with Crippen molar-refractivity contribution < 1.29 is 0 Å². The second-order valence-corrected chi connectivity index (χ2v) is 6.88. The van der Waals surface area contributed by atoms with E-state index in [0.29, 0.717) is 22.5 Å². The van der Waals surface area contributed by atoms with E-state index in [1.54, 1.807) is 6.07 Å². The first-order valence-electron chi connectivity index (χ1n) is 7.96. The van der Waals surface area contributed by atoms with Gasteiger partial charge < -0.3 is 9.88 Å². The fraction of sp³-hybridized carbons (Fsp3) is 0.471. The molecule has 1 N–H and O–H groups in total. The Morgan fingerprint density at radius 3 is 2.68 bits per heavy atom. The van der Waals surface area contributed by atoms with Crippen molar-refractivity contribution in [3.8, 4) is 0 Å². The molecule has 1 aromatic heterocycles. The fourth-order valence-electron chi connectivity index (χ4n) is 3.75. The molecule has 0 saturated carbocycles. The summed E-state index contributed by atoms with van der Waals surface area (Å²) in [5.74, 6) is 0. The second kappa shape index (κ2) is 5.69. The van der Waals surface area contributed by atoms with Gasteiger partial charge in [0, 0.05) is 54.9 Å². The highest BCUT2D eigenvalue weighted by Gasteiger charge is 2.31. The Labute approximate surface area is 134 Å². The van der Waals surface area contributed by atoms with E-state index in [1.807, 2.05) is 29.0 Å². The third kappa shape index (κ3) is 2.67. The van der Waals surface area contributed by atoms with Crippen molar-refractivity contribution in [1.82, 2.24) is 14.8 Å². The van der Waals surface area contributed by atoms with Crippen molar-refractivity contribution in [2.45, 2.75) is 31.5 Å². The van der Waals surface area contributed by atoms with Gasteiger partial charge in [0.15, 0.2) is 0 Å². The smallest absolute Gasteiger partial charge is 0.258 e. The number of halogens is 1. The summed E-state index contributed by atoms with van der Waals surface area (Å²) in [5.41, 5.74) is 0.0538. The van der Waals surface area contributed by atoms with Gasteiger partial charge in [-0.2, -0.15) is 0 Å². The number of nitrogens with one attached hydrogen (secondary N) is 1. The molecule has 4 rings (SSSR count). The van der Waals surface area contributed by atoms with Crippen LogP contribution in [0.25, 0.3) is 10.8 Å². The lowest BCUT2D eigenvalue weighted by molar-refractivity contribution is 0.189. The maximum Gasteiger partial charge on any atom is 0.258 e. The molecule has 2 saturated heterocycles. The predicted molar refractivity (Wildman–Crippen MR) is 89.6 cm³/mol. The topological polar surface area (TPSA) is 37.3 Å². The summed E-state index contributed by atoms with van der Waals surface area (Å²) >= 11 is 6.02. The van der Waals surface area contributed by atoms with Gasteiger partial charge >= 0.3 is 0 Å². The minimum Gasteiger partial charge on any atom is -0.314 e. The van der Waals surface area contributed by atoms with Gasteiger partial charge in [-0.3, -0.25) is 9.69 Å². The van der Waals surface area contributed by atoms with Gasteiger partial charge in [-0.25, -0.2) is 0 Å². The Hall–Kier alpha value is -1.36. The zero-order valence-electron chi connectivity index (χ0n) is 12.5. The van der Waals surface area contributed by atoms with Gasteiger partial charge in [0.25, 0.3) is 5.56 Å². The Balaban J connectivity index is 1.52. The Morgan fingerprint density at radius 2 is 1.91 bits per heavy atom. The molecule has 0 amide bonds. The van der Waals surface area contributed by atoms with E-state index in [2.05, 4.69) is 10.2 Å². The normalized spacial score (nSPS) is 25.0. The van der Waals surface area contributed by atoms with Gasteiger partial charge in [-0.05, 0) is 36.4 Å². The highest BCUT2D eigenvalue weighted by molar-refractivity contribution is 6.31. The average molecular weight is 318 g/mol. The van der Waals surface area contributed by atoms with Gasteiger partial charge in [0.1, 0.15) is 0 Å². The minimum absolute atomic E-state index is 0.0538. The molecule has 4 nitrogen and oxygen atoms in total. The molecular weight excluding hydrogens is 298 g/mol. The maximum atomic E-state index is 12.6. The number of piperazine rings is 1. The van der Waals surface area contributed by atoms with Crippen LogP contribution in [0.3, 0.4) is 0 Å². The van der Waals surface area contributed by atoms with Crippen LogP contribution in [0.4, 0.5) is 0 Å². The number of hydrogen-bond donors (Lipinski definition) is 1. The van der Waals surface area contributed by atoms with Crippen molar-refractivity contribution >= 4 is 22.4 Å². The Bertz CT molecular complexity index is 745. The van der Waals surface area contributed by atoms with E-state index in [9.17, 15) is 4.79 Å². The van der Waals surface area contributed by atoms with Gasteiger partial charge in [-0.15, -0.1) is 0 Å². The molecule has 2 fully saturated rings. The number of nitrogens with zero attached hydrogens (tertiary/aromatic N) is 2. The summed E-state index contributed by atoms with van der Waals surface area (Å²) in [7, 11) is 0. The van der Waals surface area contributed by atoms with Crippen LogP contribution in [-0.2, 0) is 6.54 Å². The van der Waals surface area contributed by atoms with E-state index in [1.165, 1.54) is 12.8 Å². The van der Waals surface area contributed by atoms with Crippen LogP contribution in [0.1, 0.15) is 12.8 Å². The van der Waals surface area contributed by atoms with Gasteiger partial charge in [0.2, 0.25) is 0 Å². The summed E-state index contributed by atoms with van der Waals surface area (Å²) in [6.45, 7) is 3.87. The molecule has 2 aliphatic rings. The molecule has 2 aromatic rings. The molecule has 2 bridgehead atoms. The SMILES string of the molecule is O=c1c2cc(Cl)ccc2ccn1CCN1CC2CCC(C1)N2. The van der Waals surface area contributed by atoms with Crippen molar-refractivity contribution in [3.05, 3.63) is 45.8 Å². The summed E-state index contributed by atoms with van der Waals surface area (Å²) < 4.78 is 1.81. The zero-order valence-corrected chi connectivity index (χ0v) is 13.2. The first kappa shape index (κ1) is 14.2. The Kier molecular flexibility index (Phi) is 3.68. The molecule has 2 aliphatic heterocycles. The van der Waals surface area contributed by atoms with E-state index in [-0.39, 0.29) is 5.56 Å². The molecule has 0 aliphatic carbocycles. The maximum absolute atomic E-state index is 12.6. The summed E-state index contributed by atoms with van der Waals surface area (Å²) in [6, 6.07) is 8.77. The molecule has 0 radical (unpaired) electrons. The summed E-state index contributed by atoms with van der Waals surface area (Å²) in [4.78, 5) is 15.0. The lowest BCUT2D eigenvalue weighted by atomic mass is 10.2. The van der Waals surface area contributed by atoms with Crippen LogP contribution in [0.15, 0.2) is 35.3 Å². The third-order valence-electron chi connectivity index (χ3n) is 4.89. The fourth-order valence-corrected chi connectivity index (χ4v) is 3.92. The lowest BCUT2D eigenvalue weighted by Gasteiger charge is -2.32. The van der Waals surface area contributed by atoms with E-state index in [0.717, 1.165) is 31.6 Å². The molecule has 2 atom stereocenters. The van der Waals surface area contributed by atoms with E-state index >= 15 is 0 Å². The molecular formula is C17H20ClN3O. The largest absolute Gasteiger partial charge is 0.314 e. The number of hydrogen-bond acceptors (Lipinski definition) is 3. The minimum atomic E-state index is 0.0538. The molecule has 22 heavy (non-hydrogen) atoms. The van der Waals surface area contributed by atoms with Crippen LogP contribution >= 0.6 is 11.6 Å². The second-order valence-electron chi connectivity index (χ2n) is 6.44. The zero-order chi connectivity index (χ0) is 15.1. The number of likely N-dealkylation sites (tertiary alicyclic amines) is 1. The van der Waals surface area contributed by atoms with Gasteiger partial charge in [0.05, 0.1) is 0 Å². The molecule has 2 unspecified atom stereocenters. The number of pyridine rings is 1. The first-order chi connectivity index (χ1) is 10.7. The number of benzene rings is 1. The molecule has 3 heterocycles. The summed E-state index contributed by atoms with van der Waals surface area (Å²) in [6.07, 6.45) is 4.47. The quantitative estimate of drug-likeness (QED) is 0.942. The van der Waals surface area contributed by atoms with Crippen LogP contribution in [0.5, 0.6) is 0 Å². The van der Waals surface area contributed by atoms with Crippen LogP contribution < -0.4 is 10.9 Å². The number of aromatic nitrogens is 1. The Morgan fingerprint density at radius 1 is 1.14 bits per heavy atom.